The van der Waals surface area contributed by atoms with Crippen molar-refractivity contribution in [3.05, 3.63) is 64.1 Å². The highest BCUT2D eigenvalue weighted by Crippen LogP contribution is 2.20. The highest BCUT2D eigenvalue weighted by molar-refractivity contribution is 7.90. The minimum atomic E-state index is -1.28. The maximum absolute atomic E-state index is 12.5. The van der Waals surface area contributed by atoms with Crippen molar-refractivity contribution in [3.8, 4) is 5.75 Å². The molecule has 1 aromatic heterocycles. The van der Waals surface area contributed by atoms with Gasteiger partial charge >= 0.3 is 0 Å². The Labute approximate surface area is 163 Å². The Morgan fingerprint density at radius 2 is 1.96 bits per heavy atom. The van der Waals surface area contributed by atoms with Gasteiger partial charge in [0, 0.05) is 29.7 Å². The van der Waals surface area contributed by atoms with Crippen LogP contribution in [-0.2, 0) is 24.5 Å². The Morgan fingerprint density at radius 1 is 1.30 bits per heavy atom. The Balaban J connectivity index is 2.23. The van der Waals surface area contributed by atoms with Gasteiger partial charge in [-0.1, -0.05) is 30.3 Å². The van der Waals surface area contributed by atoms with Gasteiger partial charge in [0.15, 0.2) is 5.75 Å². The summed E-state index contributed by atoms with van der Waals surface area (Å²) in [6.45, 7) is 8.00. The van der Waals surface area contributed by atoms with Crippen molar-refractivity contribution >= 4 is 11.4 Å². The smallest absolute Gasteiger partial charge is 0.223 e. The van der Waals surface area contributed by atoms with Crippen LogP contribution in [0.25, 0.3) is 0 Å². The van der Waals surface area contributed by atoms with Crippen LogP contribution in [-0.4, -0.2) is 25.6 Å². The molecule has 6 nitrogen and oxygen atoms in total. The Bertz CT molecular complexity index is 787. The van der Waals surface area contributed by atoms with Gasteiger partial charge in [-0.25, -0.2) is 0 Å². The predicted octanol–water partition coefficient (Wildman–Crippen LogP) is 2.53. The lowest BCUT2D eigenvalue weighted by molar-refractivity contribution is 0.267. The zero-order chi connectivity index (χ0) is 20.0. The topological polar surface area (TPSA) is 86.5 Å². The van der Waals surface area contributed by atoms with Crippen LogP contribution in [0.4, 0.5) is 0 Å². The first kappa shape index (κ1) is 21.5. The van der Waals surface area contributed by atoms with Crippen molar-refractivity contribution < 1.29 is 14.4 Å². The first-order chi connectivity index (χ1) is 12.7. The van der Waals surface area contributed by atoms with E-state index in [0.29, 0.717) is 12.2 Å². The van der Waals surface area contributed by atoms with Crippen LogP contribution in [0.3, 0.4) is 0 Å². The Morgan fingerprint density at radius 3 is 2.56 bits per heavy atom. The molecule has 1 aromatic carbocycles. The molecule has 0 saturated heterocycles. The molecule has 1 heterocycles. The fraction of sp³-hybridized carbons (Fsp3) is 0.450. The molecule has 148 valence electrons. The maximum Gasteiger partial charge on any atom is 0.223 e. The van der Waals surface area contributed by atoms with Gasteiger partial charge in [0.2, 0.25) is 5.43 Å². The van der Waals surface area contributed by atoms with Crippen LogP contribution in [0.15, 0.2) is 47.4 Å². The minimum Gasteiger partial charge on any atom is -0.598 e. The van der Waals surface area contributed by atoms with E-state index in [1.54, 1.807) is 10.8 Å². The minimum absolute atomic E-state index is 0.0803. The van der Waals surface area contributed by atoms with Crippen LogP contribution >= 0.6 is 0 Å². The predicted molar refractivity (Wildman–Crippen MR) is 108 cm³/mol. The van der Waals surface area contributed by atoms with Gasteiger partial charge in [0.1, 0.15) is 11.4 Å². The van der Waals surface area contributed by atoms with Crippen molar-refractivity contribution in [1.29, 1.82) is 0 Å². The lowest BCUT2D eigenvalue weighted by Gasteiger charge is -2.27. The van der Waals surface area contributed by atoms with Crippen LogP contribution in [0.5, 0.6) is 5.75 Å². The first-order valence-electron chi connectivity index (χ1n) is 8.92. The highest BCUT2D eigenvalue weighted by Gasteiger charge is 2.29. The molecule has 0 aliphatic carbocycles. The van der Waals surface area contributed by atoms with Crippen LogP contribution in [0.1, 0.15) is 45.0 Å². The standard InChI is InChI=1S/C20H28N2O4S/c1-15(21-27(25)20(2,3)4)17-12-18(24)19(13-22(17)10-11-23)26-14-16-8-6-5-7-9-16/h5-9,12-13,15,21,23H,10-11,14H2,1-4H3. The lowest BCUT2D eigenvalue weighted by atomic mass is 10.2. The van der Waals surface area contributed by atoms with Gasteiger partial charge in [-0.15, -0.1) is 4.72 Å². The summed E-state index contributed by atoms with van der Waals surface area (Å²) in [4.78, 5) is 12.5. The fourth-order valence-electron chi connectivity index (χ4n) is 2.48. The molecule has 0 aliphatic rings. The number of nitrogens with one attached hydrogen (secondary N) is 1. The van der Waals surface area contributed by atoms with E-state index in [2.05, 4.69) is 4.72 Å². The second-order valence-corrected chi connectivity index (χ2v) is 9.34. The van der Waals surface area contributed by atoms with E-state index < -0.39 is 16.1 Å². The molecule has 2 atom stereocenters. The van der Waals surface area contributed by atoms with Crippen molar-refractivity contribution in [1.82, 2.24) is 9.29 Å². The number of hydrogen-bond donors (Lipinski definition) is 2. The molecule has 2 unspecified atom stereocenters. The molecule has 27 heavy (non-hydrogen) atoms. The SMILES string of the molecule is CC(N[S+]([O-])C(C)(C)C)c1cc(=O)c(OCc2ccccc2)cn1CCO. The lowest BCUT2D eigenvalue weighted by Crippen LogP contribution is -2.41. The molecule has 0 spiro atoms. The first-order valence-corrected chi connectivity index (χ1v) is 10.1. The summed E-state index contributed by atoms with van der Waals surface area (Å²) >= 11 is -1.28. The summed E-state index contributed by atoms with van der Waals surface area (Å²) in [5.41, 5.74) is 1.37. The molecule has 0 saturated carbocycles. The van der Waals surface area contributed by atoms with Crippen molar-refractivity contribution in [3.63, 3.8) is 0 Å². The van der Waals surface area contributed by atoms with E-state index in [1.165, 1.54) is 6.07 Å². The molecule has 0 amide bonds. The fourth-order valence-corrected chi connectivity index (χ4v) is 3.28. The van der Waals surface area contributed by atoms with Gasteiger partial charge < -0.3 is 19.0 Å². The molecule has 7 heteroatoms. The summed E-state index contributed by atoms with van der Waals surface area (Å²) in [6, 6.07) is 10.7. The third-order valence-electron chi connectivity index (χ3n) is 3.99. The zero-order valence-electron chi connectivity index (χ0n) is 16.3. The molecule has 0 radical (unpaired) electrons. The summed E-state index contributed by atoms with van der Waals surface area (Å²) in [7, 11) is 0. The number of aliphatic hydroxyl groups is 1. The molecule has 0 aliphatic heterocycles. The van der Waals surface area contributed by atoms with E-state index >= 15 is 0 Å². The quantitative estimate of drug-likeness (QED) is 0.674. The zero-order valence-corrected chi connectivity index (χ0v) is 17.1. The number of pyridine rings is 1. The number of aromatic nitrogens is 1. The largest absolute Gasteiger partial charge is 0.598 e. The normalized spacial score (nSPS) is 14.0. The number of rotatable bonds is 8. The monoisotopic (exact) mass is 392 g/mol. The number of nitrogens with zero attached hydrogens (tertiary/aromatic N) is 1. The average Bonchev–Trinajstić information content (AvgIpc) is 2.61. The van der Waals surface area contributed by atoms with Gasteiger partial charge in [-0.3, -0.25) is 4.79 Å². The van der Waals surface area contributed by atoms with Crippen molar-refractivity contribution in [2.24, 2.45) is 0 Å². The third-order valence-corrected chi connectivity index (χ3v) is 5.67. The summed E-state index contributed by atoms with van der Waals surface area (Å²) < 4.78 is 22.4. The molecular formula is C20H28N2O4S. The molecule has 2 N–H and O–H groups in total. The van der Waals surface area contributed by atoms with Crippen LogP contribution < -0.4 is 14.9 Å². The van der Waals surface area contributed by atoms with E-state index in [9.17, 15) is 14.5 Å². The Kier molecular flexibility index (Phi) is 7.49. The summed E-state index contributed by atoms with van der Waals surface area (Å²) in [6.07, 6.45) is 1.61. The number of benzene rings is 1. The van der Waals surface area contributed by atoms with E-state index in [0.717, 1.165) is 5.56 Å². The molecule has 2 rings (SSSR count). The van der Waals surface area contributed by atoms with Gasteiger partial charge in [0.05, 0.1) is 18.8 Å². The van der Waals surface area contributed by atoms with Crippen molar-refractivity contribution in [2.75, 3.05) is 6.61 Å². The highest BCUT2D eigenvalue weighted by atomic mass is 32.2. The van der Waals surface area contributed by atoms with Crippen LogP contribution in [0, 0.1) is 0 Å². The van der Waals surface area contributed by atoms with Gasteiger partial charge in [-0.2, -0.15) is 0 Å². The molecule has 0 bridgehead atoms. The van der Waals surface area contributed by atoms with E-state index in [1.807, 2.05) is 58.0 Å². The maximum atomic E-state index is 12.5. The second-order valence-electron chi connectivity index (χ2n) is 7.34. The molecular weight excluding hydrogens is 364 g/mol. The second kappa shape index (κ2) is 9.41. The van der Waals surface area contributed by atoms with Gasteiger partial charge in [-0.05, 0) is 33.3 Å². The number of hydrogen-bond acceptors (Lipinski definition) is 5. The summed E-state index contributed by atoms with van der Waals surface area (Å²) in [5, 5.41) is 9.38. The number of aliphatic hydroxyl groups excluding tert-OH is 1. The van der Waals surface area contributed by atoms with E-state index in [-0.39, 0.29) is 30.4 Å². The van der Waals surface area contributed by atoms with Gasteiger partial charge in [0.25, 0.3) is 0 Å². The Hall–Kier alpha value is -1.80. The van der Waals surface area contributed by atoms with Crippen LogP contribution in [0.2, 0.25) is 0 Å². The average molecular weight is 393 g/mol. The molecule has 2 aromatic rings. The number of ether oxygens (including phenoxy) is 1. The summed E-state index contributed by atoms with van der Waals surface area (Å²) in [5.74, 6) is 0.222. The molecule has 0 fully saturated rings. The third kappa shape index (κ3) is 6.10. The van der Waals surface area contributed by atoms with Crippen molar-refractivity contribution in [2.45, 2.75) is 51.6 Å². The van der Waals surface area contributed by atoms with E-state index in [4.69, 9.17) is 4.74 Å².